The normalized spacial score (nSPS) is 16.4. The fraction of sp³-hybridized carbons (Fsp3) is 0.429. The van der Waals surface area contributed by atoms with Crippen molar-refractivity contribution in [2.75, 3.05) is 11.9 Å². The molecule has 1 fully saturated rings. The zero-order chi connectivity index (χ0) is 13.9. The molecule has 1 heterocycles. The van der Waals surface area contributed by atoms with Crippen LogP contribution in [0.3, 0.4) is 0 Å². The molecule has 0 spiro atoms. The lowest BCUT2D eigenvalue weighted by molar-refractivity contribution is -0.120. The molecule has 1 aromatic heterocycles. The minimum absolute atomic E-state index is 0.321. The van der Waals surface area contributed by atoms with Crippen molar-refractivity contribution >= 4 is 11.7 Å². The van der Waals surface area contributed by atoms with E-state index in [0.29, 0.717) is 24.7 Å². The van der Waals surface area contributed by atoms with Crippen molar-refractivity contribution < 1.29 is 4.79 Å². The van der Waals surface area contributed by atoms with Gasteiger partial charge in [-0.1, -0.05) is 23.3 Å². The van der Waals surface area contributed by atoms with Crippen molar-refractivity contribution in [2.45, 2.75) is 31.7 Å². The van der Waals surface area contributed by atoms with Crippen molar-refractivity contribution in [3.05, 3.63) is 30.3 Å². The average molecular weight is 271 g/mol. The predicted octanol–water partition coefficient (Wildman–Crippen LogP) is 1.61. The van der Waals surface area contributed by atoms with Crippen molar-refractivity contribution in [1.29, 1.82) is 0 Å². The molecule has 0 atom stereocenters. The summed E-state index contributed by atoms with van der Waals surface area (Å²) in [6, 6.07) is 10.1. The molecule has 1 aliphatic carbocycles. The van der Waals surface area contributed by atoms with E-state index in [-0.39, 0.29) is 0 Å². The summed E-state index contributed by atoms with van der Waals surface area (Å²) in [7, 11) is 1.99. The summed E-state index contributed by atoms with van der Waals surface area (Å²) < 4.78 is 1.73. The van der Waals surface area contributed by atoms with Gasteiger partial charge in [0.15, 0.2) is 0 Å². The van der Waals surface area contributed by atoms with E-state index in [0.717, 1.165) is 24.5 Å². The third-order valence-corrected chi connectivity index (χ3v) is 3.83. The largest absolute Gasteiger partial charge is 0.339 e. The molecular weight excluding hydrogens is 254 g/mol. The molecule has 0 saturated heterocycles. The molecule has 2 aromatic rings. The van der Waals surface area contributed by atoms with Crippen LogP contribution in [-0.2, 0) is 4.79 Å². The minimum atomic E-state index is 0.321. The molecule has 0 amide bonds. The number of aromatic nitrogens is 4. The average Bonchev–Trinajstić information content (AvgIpc) is 2.97. The highest BCUT2D eigenvalue weighted by Gasteiger charge is 2.25. The summed E-state index contributed by atoms with van der Waals surface area (Å²) in [6.45, 7) is 0. The number of carbonyl (C=O) groups is 1. The van der Waals surface area contributed by atoms with Crippen LogP contribution in [0.5, 0.6) is 0 Å². The third kappa shape index (κ3) is 2.41. The van der Waals surface area contributed by atoms with E-state index in [1.165, 1.54) is 0 Å². The third-order valence-electron chi connectivity index (χ3n) is 3.83. The van der Waals surface area contributed by atoms with Gasteiger partial charge in [-0.15, -0.1) is 0 Å². The number of benzene rings is 1. The highest BCUT2D eigenvalue weighted by molar-refractivity contribution is 5.79. The Hall–Kier alpha value is -2.24. The summed E-state index contributed by atoms with van der Waals surface area (Å²) in [6.07, 6.45) is 3.05. The van der Waals surface area contributed by atoms with Gasteiger partial charge in [0.05, 0.1) is 5.69 Å². The molecular formula is C14H17N5O. The van der Waals surface area contributed by atoms with Gasteiger partial charge >= 0.3 is 0 Å². The van der Waals surface area contributed by atoms with Gasteiger partial charge in [0.1, 0.15) is 5.78 Å². The number of rotatable bonds is 3. The monoisotopic (exact) mass is 271 g/mol. The molecule has 0 unspecified atom stereocenters. The predicted molar refractivity (Wildman–Crippen MR) is 74.8 cm³/mol. The Bertz CT molecular complexity index is 585. The number of carbonyl (C=O) groups excluding carboxylic acids is 1. The molecule has 1 saturated carbocycles. The number of tetrazole rings is 1. The second kappa shape index (κ2) is 5.40. The van der Waals surface area contributed by atoms with Gasteiger partial charge in [-0.2, -0.15) is 4.68 Å². The van der Waals surface area contributed by atoms with Crippen LogP contribution in [0, 0.1) is 0 Å². The molecule has 6 heteroatoms. The standard InChI is InChI=1S/C14H17N5O/c1-18(11-7-9-13(20)10-8-11)14-15-16-17-19(14)12-5-3-2-4-6-12/h2-6,11H,7-10H2,1H3. The van der Waals surface area contributed by atoms with E-state index in [1.54, 1.807) is 4.68 Å². The maximum Gasteiger partial charge on any atom is 0.250 e. The first-order valence-electron chi connectivity index (χ1n) is 6.84. The zero-order valence-corrected chi connectivity index (χ0v) is 11.4. The Labute approximate surface area is 117 Å². The Morgan fingerprint density at radius 3 is 2.60 bits per heavy atom. The van der Waals surface area contributed by atoms with Crippen LogP contribution >= 0.6 is 0 Å². The second-order valence-corrected chi connectivity index (χ2v) is 5.11. The van der Waals surface area contributed by atoms with E-state index in [2.05, 4.69) is 20.4 Å². The fourth-order valence-corrected chi connectivity index (χ4v) is 2.61. The van der Waals surface area contributed by atoms with Crippen molar-refractivity contribution in [3.63, 3.8) is 0 Å². The van der Waals surface area contributed by atoms with Gasteiger partial charge in [-0.3, -0.25) is 4.79 Å². The lowest BCUT2D eigenvalue weighted by Gasteiger charge is -2.30. The van der Waals surface area contributed by atoms with E-state index in [1.807, 2.05) is 37.4 Å². The Morgan fingerprint density at radius 1 is 1.20 bits per heavy atom. The molecule has 0 aliphatic heterocycles. The molecule has 0 radical (unpaired) electrons. The maximum atomic E-state index is 11.3. The number of hydrogen-bond acceptors (Lipinski definition) is 5. The van der Waals surface area contributed by atoms with Gasteiger partial charge in [0, 0.05) is 25.9 Å². The first-order chi connectivity index (χ1) is 9.75. The molecule has 0 bridgehead atoms. The van der Waals surface area contributed by atoms with Crippen LogP contribution in [-0.4, -0.2) is 39.1 Å². The first kappa shape index (κ1) is 12.8. The molecule has 104 valence electrons. The summed E-state index contributed by atoms with van der Waals surface area (Å²) in [4.78, 5) is 13.4. The highest BCUT2D eigenvalue weighted by Crippen LogP contribution is 2.24. The summed E-state index contributed by atoms with van der Waals surface area (Å²) in [5, 5.41) is 12.0. The van der Waals surface area contributed by atoms with Crippen molar-refractivity contribution in [2.24, 2.45) is 0 Å². The Kier molecular flexibility index (Phi) is 3.45. The van der Waals surface area contributed by atoms with Gasteiger partial charge in [-0.25, -0.2) is 0 Å². The molecule has 3 rings (SSSR count). The quantitative estimate of drug-likeness (QED) is 0.848. The van der Waals surface area contributed by atoms with E-state index in [4.69, 9.17) is 0 Å². The molecule has 20 heavy (non-hydrogen) atoms. The fourth-order valence-electron chi connectivity index (χ4n) is 2.61. The first-order valence-corrected chi connectivity index (χ1v) is 6.84. The smallest absolute Gasteiger partial charge is 0.250 e. The number of anilines is 1. The molecule has 1 aromatic carbocycles. The maximum absolute atomic E-state index is 11.3. The van der Waals surface area contributed by atoms with Crippen LogP contribution in [0.25, 0.3) is 5.69 Å². The van der Waals surface area contributed by atoms with E-state index < -0.39 is 0 Å². The SMILES string of the molecule is CN(c1nnnn1-c1ccccc1)C1CCC(=O)CC1. The van der Waals surface area contributed by atoms with Gasteiger partial charge in [-0.05, 0) is 35.4 Å². The van der Waals surface area contributed by atoms with Crippen LogP contribution in [0.15, 0.2) is 30.3 Å². The lowest BCUT2D eigenvalue weighted by Crippen LogP contribution is -2.36. The van der Waals surface area contributed by atoms with Gasteiger partial charge in [0.25, 0.3) is 0 Å². The molecule has 0 N–H and O–H groups in total. The van der Waals surface area contributed by atoms with Crippen LogP contribution in [0.2, 0.25) is 0 Å². The summed E-state index contributed by atoms with van der Waals surface area (Å²) >= 11 is 0. The van der Waals surface area contributed by atoms with Crippen LogP contribution in [0.1, 0.15) is 25.7 Å². The second-order valence-electron chi connectivity index (χ2n) is 5.11. The van der Waals surface area contributed by atoms with Crippen molar-refractivity contribution in [1.82, 2.24) is 20.2 Å². The molecule has 6 nitrogen and oxygen atoms in total. The topological polar surface area (TPSA) is 63.9 Å². The number of nitrogens with zero attached hydrogens (tertiary/aromatic N) is 5. The number of Topliss-reactive ketones (excluding diaryl/α,β-unsaturated/α-hetero) is 1. The number of para-hydroxylation sites is 1. The summed E-state index contributed by atoms with van der Waals surface area (Å²) in [5.74, 6) is 1.08. The van der Waals surface area contributed by atoms with E-state index in [9.17, 15) is 4.79 Å². The van der Waals surface area contributed by atoms with Crippen molar-refractivity contribution in [3.8, 4) is 5.69 Å². The van der Waals surface area contributed by atoms with E-state index >= 15 is 0 Å². The highest BCUT2D eigenvalue weighted by atomic mass is 16.1. The minimum Gasteiger partial charge on any atom is -0.339 e. The van der Waals surface area contributed by atoms with Gasteiger partial charge < -0.3 is 4.90 Å². The molecule has 1 aliphatic rings. The number of ketones is 1. The summed E-state index contributed by atoms with van der Waals surface area (Å²) in [5.41, 5.74) is 0.936. The Balaban J connectivity index is 1.84. The van der Waals surface area contributed by atoms with Crippen LogP contribution in [0.4, 0.5) is 5.95 Å². The number of hydrogen-bond donors (Lipinski definition) is 0. The zero-order valence-electron chi connectivity index (χ0n) is 11.4. The van der Waals surface area contributed by atoms with Crippen LogP contribution < -0.4 is 4.90 Å². The van der Waals surface area contributed by atoms with Gasteiger partial charge in [0.2, 0.25) is 5.95 Å². The lowest BCUT2D eigenvalue weighted by atomic mass is 9.93. The Morgan fingerprint density at radius 2 is 1.90 bits per heavy atom.